The Balaban J connectivity index is 1.58. The third kappa shape index (κ3) is 4.17. The molecule has 1 N–H and O–H groups in total. The molecule has 1 fully saturated rings. The van der Waals surface area contributed by atoms with Gasteiger partial charge in [-0.05, 0) is 32.0 Å². The van der Waals surface area contributed by atoms with E-state index in [-0.39, 0.29) is 29.9 Å². The van der Waals surface area contributed by atoms with Crippen LogP contribution in [0.5, 0.6) is 5.75 Å². The highest BCUT2D eigenvalue weighted by atomic mass is 32.2. The summed E-state index contributed by atoms with van der Waals surface area (Å²) in [4.78, 5) is 56.0. The number of para-hydroxylation sites is 1. The molecule has 0 radical (unpaired) electrons. The number of imide groups is 1. The van der Waals surface area contributed by atoms with Crippen LogP contribution >= 0.6 is 23.1 Å². The van der Waals surface area contributed by atoms with Crippen molar-refractivity contribution in [3.8, 4) is 5.75 Å². The number of thioether (sulfide) groups is 1. The monoisotopic (exact) mass is 510 g/mol. The number of nitrogens with zero attached hydrogens (tertiary/aromatic N) is 1. The van der Waals surface area contributed by atoms with Crippen LogP contribution in [0.15, 0.2) is 58.4 Å². The topological polar surface area (TPSA) is 106 Å². The minimum atomic E-state index is -0.736. The zero-order valence-corrected chi connectivity index (χ0v) is 20.6. The average molecular weight is 511 g/mol. The second-order valence-corrected chi connectivity index (χ2v) is 10.4. The number of rotatable bonds is 6. The zero-order chi connectivity index (χ0) is 24.7. The van der Waals surface area contributed by atoms with Crippen LogP contribution < -0.4 is 14.5 Å². The van der Waals surface area contributed by atoms with E-state index < -0.39 is 23.1 Å². The van der Waals surface area contributed by atoms with Crippen molar-refractivity contribution in [3.05, 3.63) is 74.2 Å². The van der Waals surface area contributed by atoms with Crippen LogP contribution in [0, 0.1) is 12.8 Å². The van der Waals surface area contributed by atoms with Crippen LogP contribution in [0.2, 0.25) is 0 Å². The van der Waals surface area contributed by atoms with Crippen LogP contribution in [0.4, 0.5) is 5.69 Å². The first-order valence-corrected chi connectivity index (χ1v) is 12.8. The molecule has 2 amide bonds. The smallest absolute Gasteiger partial charge is 0.344 e. The highest BCUT2D eigenvalue weighted by Crippen LogP contribution is 2.54. The van der Waals surface area contributed by atoms with E-state index in [2.05, 4.69) is 4.98 Å². The number of aryl methyl sites for hydroxylation is 1. The van der Waals surface area contributed by atoms with Gasteiger partial charge < -0.3 is 14.5 Å². The van der Waals surface area contributed by atoms with E-state index in [1.165, 1.54) is 16.7 Å². The van der Waals surface area contributed by atoms with E-state index in [0.29, 0.717) is 26.9 Å². The lowest BCUT2D eigenvalue weighted by atomic mass is 9.82. The third-order valence-electron chi connectivity index (χ3n) is 6.02. The van der Waals surface area contributed by atoms with Gasteiger partial charge in [0.2, 0.25) is 11.8 Å². The van der Waals surface area contributed by atoms with Gasteiger partial charge in [0.25, 0.3) is 0 Å². The van der Waals surface area contributed by atoms with Crippen LogP contribution in [-0.4, -0.2) is 41.2 Å². The number of H-pyrrole nitrogens is 1. The van der Waals surface area contributed by atoms with E-state index in [9.17, 15) is 19.2 Å². The number of aromatic amines is 1. The maximum atomic E-state index is 13.8. The number of amides is 2. The van der Waals surface area contributed by atoms with Crippen LogP contribution in [-0.2, 0) is 19.1 Å². The van der Waals surface area contributed by atoms with Crippen molar-refractivity contribution < 1.29 is 23.9 Å². The van der Waals surface area contributed by atoms with Crippen molar-refractivity contribution in [2.45, 2.75) is 30.0 Å². The summed E-state index contributed by atoms with van der Waals surface area (Å²) in [7, 11) is 0. The van der Waals surface area contributed by atoms with Crippen molar-refractivity contribution in [1.82, 2.24) is 4.98 Å². The minimum absolute atomic E-state index is 0.236. The van der Waals surface area contributed by atoms with Gasteiger partial charge in [0.05, 0.1) is 23.2 Å². The number of nitrogens with one attached hydrogen (secondary N) is 1. The number of hydrogen-bond acceptors (Lipinski definition) is 8. The molecule has 3 aromatic rings. The second-order valence-electron chi connectivity index (χ2n) is 8.23. The first-order chi connectivity index (χ1) is 16.9. The number of benzene rings is 2. The lowest BCUT2D eigenvalue weighted by molar-refractivity contribution is -0.145. The van der Waals surface area contributed by atoms with Gasteiger partial charge in [0.15, 0.2) is 6.61 Å². The summed E-state index contributed by atoms with van der Waals surface area (Å²) in [5.41, 5.74) is 2.17. The van der Waals surface area contributed by atoms with E-state index in [1.807, 2.05) is 19.1 Å². The van der Waals surface area contributed by atoms with Crippen molar-refractivity contribution in [2.24, 2.45) is 5.92 Å². The molecule has 3 heterocycles. The van der Waals surface area contributed by atoms with Gasteiger partial charge in [-0.25, -0.2) is 9.69 Å². The van der Waals surface area contributed by atoms with Gasteiger partial charge in [0.1, 0.15) is 11.0 Å². The Morgan fingerprint density at radius 1 is 1.06 bits per heavy atom. The normalized spacial score (nSPS) is 21.0. The van der Waals surface area contributed by atoms with Crippen molar-refractivity contribution in [3.63, 3.8) is 0 Å². The number of ether oxygens (including phenoxy) is 2. The fourth-order valence-corrected chi connectivity index (χ4v) is 7.01. The molecular formula is C25H22N2O6S2. The molecule has 2 aliphatic rings. The molecule has 0 spiro atoms. The minimum Gasteiger partial charge on any atom is -0.482 e. The van der Waals surface area contributed by atoms with Crippen LogP contribution in [0.3, 0.4) is 0 Å². The lowest BCUT2D eigenvalue weighted by Gasteiger charge is -2.30. The Hall–Kier alpha value is -3.37. The molecule has 1 saturated heterocycles. The summed E-state index contributed by atoms with van der Waals surface area (Å²) >= 11 is 2.24. The Kier molecular flexibility index (Phi) is 6.24. The molecule has 180 valence electrons. The Morgan fingerprint density at radius 2 is 1.80 bits per heavy atom. The highest BCUT2D eigenvalue weighted by molar-refractivity contribution is 8.00. The van der Waals surface area contributed by atoms with E-state index in [1.54, 1.807) is 43.3 Å². The van der Waals surface area contributed by atoms with E-state index in [4.69, 9.17) is 9.47 Å². The number of thiazole rings is 1. The number of hydrogen-bond donors (Lipinski definition) is 1. The quantitative estimate of drug-likeness (QED) is 0.400. The molecule has 0 aliphatic carbocycles. The number of fused-ring (bicyclic) bond motifs is 2. The summed E-state index contributed by atoms with van der Waals surface area (Å²) in [6, 6.07) is 14.3. The summed E-state index contributed by atoms with van der Waals surface area (Å²) in [6.07, 6.45) is 0. The fourth-order valence-electron chi connectivity index (χ4n) is 4.51. The molecule has 0 unspecified atom stereocenters. The van der Waals surface area contributed by atoms with E-state index >= 15 is 0 Å². The SMILES string of the molecule is CCOC(=O)COc1ccccc1[C@@H]1c2sc(=O)[nH]c2S[C@H]2C(=O)N(c3ccc(C)cc3)C(=O)[C@@H]12. The third-order valence-corrected chi connectivity index (χ3v) is 8.42. The van der Waals surface area contributed by atoms with Crippen LogP contribution in [0.1, 0.15) is 28.8 Å². The maximum Gasteiger partial charge on any atom is 0.344 e. The van der Waals surface area contributed by atoms with Gasteiger partial charge in [0, 0.05) is 16.4 Å². The molecular weight excluding hydrogens is 488 g/mol. The summed E-state index contributed by atoms with van der Waals surface area (Å²) in [6.45, 7) is 3.59. The molecule has 0 bridgehead atoms. The maximum absolute atomic E-state index is 13.8. The van der Waals surface area contributed by atoms with Gasteiger partial charge in [-0.15, -0.1) is 0 Å². The number of carbonyl (C=O) groups excluding carboxylic acids is 3. The summed E-state index contributed by atoms with van der Waals surface area (Å²) in [5.74, 6) is -2.08. The summed E-state index contributed by atoms with van der Waals surface area (Å²) in [5, 5.41) is -0.122. The Morgan fingerprint density at radius 3 is 2.54 bits per heavy atom. The molecule has 10 heteroatoms. The zero-order valence-electron chi connectivity index (χ0n) is 19.0. The molecule has 5 rings (SSSR count). The molecule has 2 aromatic carbocycles. The molecule has 2 aliphatic heterocycles. The largest absolute Gasteiger partial charge is 0.482 e. The second kappa shape index (κ2) is 9.35. The molecule has 8 nitrogen and oxygen atoms in total. The van der Waals surface area contributed by atoms with E-state index in [0.717, 1.165) is 16.9 Å². The van der Waals surface area contributed by atoms with Gasteiger partial charge in [-0.2, -0.15) is 0 Å². The molecule has 0 saturated carbocycles. The Labute approximate surface area is 209 Å². The first kappa shape index (κ1) is 23.4. The van der Waals surface area contributed by atoms with Crippen molar-refractivity contribution in [2.75, 3.05) is 18.1 Å². The first-order valence-electron chi connectivity index (χ1n) is 11.1. The Bertz CT molecular complexity index is 1360. The van der Waals surface area contributed by atoms with Gasteiger partial charge in [-0.1, -0.05) is 59.0 Å². The number of carbonyl (C=O) groups is 3. The predicted octanol–water partition coefficient (Wildman–Crippen LogP) is 3.48. The molecule has 3 atom stereocenters. The standard InChI is InChI=1S/C25H22N2O6S2/c1-3-32-17(28)12-33-16-7-5-4-6-15(16)18-19-21(34-22-20(18)35-25(31)26-22)24(30)27(23(19)29)14-10-8-13(2)9-11-14/h4-11,18-19,21H,3,12H2,1-2H3,(H,26,31)/t18-,19-,21+/m0/s1. The number of aromatic nitrogens is 1. The molecule has 1 aromatic heterocycles. The highest BCUT2D eigenvalue weighted by Gasteiger charge is 2.56. The number of anilines is 1. The molecule has 35 heavy (non-hydrogen) atoms. The van der Waals surface area contributed by atoms with Crippen molar-refractivity contribution in [1.29, 1.82) is 0 Å². The lowest BCUT2D eigenvalue weighted by Crippen LogP contribution is -2.32. The predicted molar refractivity (Wildman–Crippen MR) is 132 cm³/mol. The summed E-state index contributed by atoms with van der Waals surface area (Å²) < 4.78 is 10.8. The van der Waals surface area contributed by atoms with Crippen LogP contribution in [0.25, 0.3) is 0 Å². The average Bonchev–Trinajstić information content (AvgIpc) is 3.33. The fraction of sp³-hybridized carbons (Fsp3) is 0.280. The van der Waals surface area contributed by atoms with Gasteiger partial charge in [-0.3, -0.25) is 14.4 Å². The van der Waals surface area contributed by atoms with Gasteiger partial charge >= 0.3 is 10.8 Å². The van der Waals surface area contributed by atoms with Crippen molar-refractivity contribution >= 4 is 46.6 Å². The number of esters is 1.